The van der Waals surface area contributed by atoms with Crippen molar-refractivity contribution < 1.29 is 9.53 Å². The molecular weight excluding hydrogens is 256 g/mol. The van der Waals surface area contributed by atoms with E-state index < -0.39 is 0 Å². The van der Waals surface area contributed by atoms with Crippen LogP contribution in [0.4, 0.5) is 0 Å². The number of methoxy groups -OCH3 is 1. The SMILES string of the molecule is COC(=O)c1cccn2c(CC3CCN(C)C3)nnc12. The van der Waals surface area contributed by atoms with E-state index >= 15 is 0 Å². The predicted octanol–water partition coefficient (Wildman–Crippen LogP) is 1.01. The maximum atomic E-state index is 11.7. The number of rotatable bonds is 3. The van der Waals surface area contributed by atoms with Crippen molar-refractivity contribution in [2.45, 2.75) is 12.8 Å². The van der Waals surface area contributed by atoms with Gasteiger partial charge in [0.15, 0.2) is 5.65 Å². The molecule has 1 fully saturated rings. The Morgan fingerprint density at radius 3 is 3.05 bits per heavy atom. The smallest absolute Gasteiger partial charge is 0.341 e. The number of esters is 1. The Balaban J connectivity index is 1.91. The van der Waals surface area contributed by atoms with Crippen LogP contribution in [0, 0.1) is 5.92 Å². The third-order valence-electron chi connectivity index (χ3n) is 3.87. The number of nitrogens with zero attached hydrogens (tertiary/aromatic N) is 4. The van der Waals surface area contributed by atoms with E-state index in [0.29, 0.717) is 17.1 Å². The zero-order valence-electron chi connectivity index (χ0n) is 11.7. The summed E-state index contributed by atoms with van der Waals surface area (Å²) in [6, 6.07) is 3.54. The van der Waals surface area contributed by atoms with Crippen molar-refractivity contribution in [3.63, 3.8) is 0 Å². The zero-order valence-corrected chi connectivity index (χ0v) is 11.7. The zero-order chi connectivity index (χ0) is 14.1. The minimum atomic E-state index is -0.379. The summed E-state index contributed by atoms with van der Waals surface area (Å²) in [6.45, 7) is 2.22. The number of carbonyl (C=O) groups is 1. The molecule has 3 rings (SSSR count). The Hall–Kier alpha value is -1.95. The Bertz CT molecular complexity index is 637. The first-order valence-corrected chi connectivity index (χ1v) is 6.78. The van der Waals surface area contributed by atoms with Crippen LogP contribution in [0.5, 0.6) is 0 Å². The van der Waals surface area contributed by atoms with Gasteiger partial charge in [-0.15, -0.1) is 10.2 Å². The van der Waals surface area contributed by atoms with Crippen molar-refractivity contribution in [2.24, 2.45) is 5.92 Å². The minimum absolute atomic E-state index is 0.379. The first kappa shape index (κ1) is 13.1. The molecule has 0 radical (unpaired) electrons. The first-order chi connectivity index (χ1) is 9.69. The lowest BCUT2D eigenvalue weighted by Crippen LogP contribution is -2.15. The summed E-state index contributed by atoms with van der Waals surface area (Å²) in [7, 11) is 3.51. The van der Waals surface area contributed by atoms with Crippen molar-refractivity contribution in [1.29, 1.82) is 0 Å². The second-order valence-corrected chi connectivity index (χ2v) is 5.34. The molecule has 3 heterocycles. The fourth-order valence-electron chi connectivity index (χ4n) is 2.82. The van der Waals surface area contributed by atoms with Crippen molar-refractivity contribution in [3.8, 4) is 0 Å². The molecule has 2 aromatic heterocycles. The van der Waals surface area contributed by atoms with Gasteiger partial charge in [-0.2, -0.15) is 0 Å². The summed E-state index contributed by atoms with van der Waals surface area (Å²) in [5.74, 6) is 1.13. The summed E-state index contributed by atoms with van der Waals surface area (Å²) in [4.78, 5) is 14.0. The lowest BCUT2D eigenvalue weighted by Gasteiger charge is -2.09. The molecule has 0 saturated carbocycles. The standard InChI is InChI=1S/C14H18N4O2/c1-17-7-5-10(9-17)8-12-15-16-13-11(14(19)20-2)4-3-6-18(12)13/h3-4,6,10H,5,7-9H2,1-2H3. The van der Waals surface area contributed by atoms with Crippen LogP contribution < -0.4 is 0 Å². The van der Waals surface area contributed by atoms with Crippen LogP contribution >= 0.6 is 0 Å². The number of ether oxygens (including phenoxy) is 1. The number of likely N-dealkylation sites (tertiary alicyclic amines) is 1. The molecule has 1 aliphatic heterocycles. The lowest BCUT2D eigenvalue weighted by molar-refractivity contribution is 0.0602. The molecule has 0 spiro atoms. The highest BCUT2D eigenvalue weighted by atomic mass is 16.5. The molecular formula is C14H18N4O2. The van der Waals surface area contributed by atoms with Gasteiger partial charge in [-0.25, -0.2) is 4.79 Å². The molecule has 0 bridgehead atoms. The first-order valence-electron chi connectivity index (χ1n) is 6.78. The summed E-state index contributed by atoms with van der Waals surface area (Å²) >= 11 is 0. The number of hydrogen-bond donors (Lipinski definition) is 0. The third kappa shape index (κ3) is 2.27. The molecule has 2 aromatic rings. The minimum Gasteiger partial charge on any atom is -0.465 e. The van der Waals surface area contributed by atoms with Crippen molar-refractivity contribution >= 4 is 11.6 Å². The van der Waals surface area contributed by atoms with Gasteiger partial charge in [0.2, 0.25) is 0 Å². The van der Waals surface area contributed by atoms with E-state index in [0.717, 1.165) is 25.3 Å². The molecule has 0 N–H and O–H groups in total. The van der Waals surface area contributed by atoms with Crippen LogP contribution in [0.15, 0.2) is 18.3 Å². The highest BCUT2D eigenvalue weighted by Gasteiger charge is 2.22. The molecule has 6 heteroatoms. The van der Waals surface area contributed by atoms with Gasteiger partial charge in [-0.05, 0) is 38.1 Å². The Labute approximate surface area is 117 Å². The van der Waals surface area contributed by atoms with Crippen LogP contribution in [-0.2, 0) is 11.2 Å². The van der Waals surface area contributed by atoms with E-state index in [2.05, 4.69) is 22.1 Å². The molecule has 0 amide bonds. The molecule has 0 aromatic carbocycles. The second kappa shape index (κ2) is 5.20. The number of pyridine rings is 1. The van der Waals surface area contributed by atoms with Crippen LogP contribution in [0.2, 0.25) is 0 Å². The van der Waals surface area contributed by atoms with Crippen molar-refractivity contribution in [3.05, 3.63) is 29.7 Å². The van der Waals surface area contributed by atoms with Crippen LogP contribution in [-0.4, -0.2) is 52.7 Å². The Morgan fingerprint density at radius 2 is 2.35 bits per heavy atom. The number of hydrogen-bond acceptors (Lipinski definition) is 5. The Morgan fingerprint density at radius 1 is 1.50 bits per heavy atom. The molecule has 6 nitrogen and oxygen atoms in total. The molecule has 106 valence electrons. The maximum Gasteiger partial charge on any atom is 0.341 e. The van der Waals surface area contributed by atoms with Gasteiger partial charge in [0, 0.05) is 19.2 Å². The summed E-state index contributed by atoms with van der Waals surface area (Å²) < 4.78 is 6.67. The third-order valence-corrected chi connectivity index (χ3v) is 3.87. The van der Waals surface area contributed by atoms with E-state index in [1.165, 1.54) is 13.5 Å². The van der Waals surface area contributed by atoms with Gasteiger partial charge >= 0.3 is 5.97 Å². The largest absolute Gasteiger partial charge is 0.465 e. The highest BCUT2D eigenvalue weighted by molar-refractivity contribution is 5.95. The normalized spacial score (nSPS) is 19.6. The topological polar surface area (TPSA) is 59.7 Å². The van der Waals surface area contributed by atoms with Gasteiger partial charge in [-0.1, -0.05) is 0 Å². The quantitative estimate of drug-likeness (QED) is 0.782. The van der Waals surface area contributed by atoms with E-state index in [1.807, 2.05) is 16.7 Å². The van der Waals surface area contributed by atoms with E-state index in [1.54, 1.807) is 6.07 Å². The fourth-order valence-corrected chi connectivity index (χ4v) is 2.82. The number of fused-ring (bicyclic) bond motifs is 1. The molecule has 1 saturated heterocycles. The predicted molar refractivity (Wildman–Crippen MR) is 73.6 cm³/mol. The van der Waals surface area contributed by atoms with Gasteiger partial charge in [0.25, 0.3) is 0 Å². The van der Waals surface area contributed by atoms with Gasteiger partial charge < -0.3 is 9.64 Å². The van der Waals surface area contributed by atoms with Crippen LogP contribution in [0.1, 0.15) is 22.6 Å². The molecule has 20 heavy (non-hydrogen) atoms. The highest BCUT2D eigenvalue weighted by Crippen LogP contribution is 2.20. The summed E-state index contributed by atoms with van der Waals surface area (Å²) in [5, 5.41) is 8.40. The summed E-state index contributed by atoms with van der Waals surface area (Å²) in [6.07, 6.45) is 3.97. The average Bonchev–Trinajstić information content (AvgIpc) is 3.05. The fraction of sp³-hybridized carbons (Fsp3) is 0.500. The van der Waals surface area contributed by atoms with E-state index in [9.17, 15) is 4.79 Å². The van der Waals surface area contributed by atoms with Gasteiger partial charge in [0.05, 0.1) is 7.11 Å². The monoisotopic (exact) mass is 274 g/mol. The van der Waals surface area contributed by atoms with E-state index in [4.69, 9.17) is 4.74 Å². The van der Waals surface area contributed by atoms with Crippen LogP contribution in [0.25, 0.3) is 5.65 Å². The molecule has 1 aliphatic rings. The van der Waals surface area contributed by atoms with Crippen LogP contribution in [0.3, 0.4) is 0 Å². The molecule has 1 atom stereocenters. The van der Waals surface area contributed by atoms with E-state index in [-0.39, 0.29) is 5.97 Å². The number of aromatic nitrogens is 3. The second-order valence-electron chi connectivity index (χ2n) is 5.34. The van der Waals surface area contributed by atoms with Crippen molar-refractivity contribution in [2.75, 3.05) is 27.2 Å². The number of carbonyl (C=O) groups excluding carboxylic acids is 1. The maximum absolute atomic E-state index is 11.7. The Kier molecular flexibility index (Phi) is 3.40. The average molecular weight is 274 g/mol. The molecule has 1 unspecified atom stereocenters. The van der Waals surface area contributed by atoms with Gasteiger partial charge in [0.1, 0.15) is 11.4 Å². The summed E-state index contributed by atoms with van der Waals surface area (Å²) in [5.41, 5.74) is 1.03. The lowest BCUT2D eigenvalue weighted by atomic mass is 10.0. The molecule has 0 aliphatic carbocycles. The van der Waals surface area contributed by atoms with Gasteiger partial charge in [-0.3, -0.25) is 4.40 Å². The van der Waals surface area contributed by atoms with Crippen molar-refractivity contribution in [1.82, 2.24) is 19.5 Å².